The maximum atomic E-state index is 11.7. The van der Waals surface area contributed by atoms with Gasteiger partial charge in [-0.2, -0.15) is 0 Å². The maximum Gasteiger partial charge on any atom is 0.336 e. The molecule has 0 bridgehead atoms. The first kappa shape index (κ1) is 16.8. The van der Waals surface area contributed by atoms with Crippen molar-refractivity contribution in [2.75, 3.05) is 11.9 Å². The van der Waals surface area contributed by atoms with Crippen LogP contribution in [0.3, 0.4) is 0 Å². The fourth-order valence-corrected chi connectivity index (χ4v) is 3.91. The molecular weight excluding hydrogens is 370 g/mol. The Bertz CT molecular complexity index is 955. The van der Waals surface area contributed by atoms with Crippen LogP contribution in [0, 0.1) is 0 Å². The molecule has 124 valence electrons. The average molecular weight is 382 g/mol. The summed E-state index contributed by atoms with van der Waals surface area (Å²) in [5, 5.41) is 22.4. The van der Waals surface area contributed by atoms with E-state index in [1.54, 1.807) is 12.1 Å². The van der Waals surface area contributed by atoms with Crippen LogP contribution in [0.4, 0.5) is 5.13 Å². The number of hydrogen-bond acceptors (Lipinski definition) is 8. The quantitative estimate of drug-likeness (QED) is 0.380. The predicted octanol–water partition coefficient (Wildman–Crippen LogP) is 3.89. The number of aromatic nitrogens is 2. The van der Waals surface area contributed by atoms with E-state index < -0.39 is 5.63 Å². The van der Waals surface area contributed by atoms with E-state index in [4.69, 9.17) is 16.0 Å². The Hall–Kier alpha value is -2.03. The molecule has 0 amide bonds. The molecule has 0 atom stereocenters. The Morgan fingerprint density at radius 2 is 2.25 bits per heavy atom. The first-order valence-corrected chi connectivity index (χ1v) is 9.01. The molecular formula is C15H12ClN3O3S2. The maximum absolute atomic E-state index is 11.7. The van der Waals surface area contributed by atoms with E-state index in [9.17, 15) is 9.90 Å². The van der Waals surface area contributed by atoms with Crippen molar-refractivity contribution in [2.45, 2.75) is 10.1 Å². The van der Waals surface area contributed by atoms with Crippen molar-refractivity contribution in [1.82, 2.24) is 10.2 Å². The lowest BCUT2D eigenvalue weighted by molar-refractivity contribution is 0.473. The van der Waals surface area contributed by atoms with Crippen molar-refractivity contribution in [3.63, 3.8) is 0 Å². The normalized spacial score (nSPS) is 10.9. The summed E-state index contributed by atoms with van der Waals surface area (Å²) >= 11 is 8.83. The average Bonchev–Trinajstić information content (AvgIpc) is 3.00. The topological polar surface area (TPSA) is 88.3 Å². The van der Waals surface area contributed by atoms with E-state index in [0.29, 0.717) is 28.4 Å². The summed E-state index contributed by atoms with van der Waals surface area (Å²) in [6.45, 7) is 4.25. The number of phenols is 1. The van der Waals surface area contributed by atoms with Gasteiger partial charge in [-0.25, -0.2) is 4.79 Å². The Labute approximate surface area is 150 Å². The summed E-state index contributed by atoms with van der Waals surface area (Å²) < 4.78 is 5.88. The molecule has 6 nitrogen and oxygen atoms in total. The Kier molecular flexibility index (Phi) is 5.08. The highest BCUT2D eigenvalue weighted by Crippen LogP contribution is 2.33. The minimum atomic E-state index is -0.481. The van der Waals surface area contributed by atoms with Gasteiger partial charge in [0.05, 0.1) is 5.02 Å². The van der Waals surface area contributed by atoms with Gasteiger partial charge in [-0.05, 0) is 11.6 Å². The minimum absolute atomic E-state index is 0.126. The third-order valence-corrected chi connectivity index (χ3v) is 5.42. The highest BCUT2D eigenvalue weighted by molar-refractivity contribution is 8.00. The van der Waals surface area contributed by atoms with Crippen molar-refractivity contribution >= 4 is 50.8 Å². The second-order valence-electron chi connectivity index (χ2n) is 4.72. The third kappa shape index (κ3) is 3.72. The first-order valence-electron chi connectivity index (χ1n) is 6.83. The van der Waals surface area contributed by atoms with Gasteiger partial charge in [-0.15, -0.1) is 16.8 Å². The van der Waals surface area contributed by atoms with E-state index in [0.717, 1.165) is 9.90 Å². The van der Waals surface area contributed by atoms with Crippen LogP contribution in [-0.4, -0.2) is 21.8 Å². The van der Waals surface area contributed by atoms with Crippen LogP contribution >= 0.6 is 34.7 Å². The molecule has 24 heavy (non-hydrogen) atoms. The molecule has 2 aromatic heterocycles. The van der Waals surface area contributed by atoms with Crippen LogP contribution in [0.1, 0.15) is 5.56 Å². The second-order valence-corrected chi connectivity index (χ2v) is 7.33. The van der Waals surface area contributed by atoms with Gasteiger partial charge in [0.15, 0.2) is 4.34 Å². The van der Waals surface area contributed by atoms with E-state index >= 15 is 0 Å². The standard InChI is InChI=1S/C15H12ClN3O3S2/c1-2-3-17-14-18-19-15(24-14)23-7-8-4-13(21)22-12-6-11(20)10(16)5-9(8)12/h2,4-6,20H,1,3,7H2,(H,17,18). The molecule has 1 aromatic carbocycles. The van der Waals surface area contributed by atoms with Crippen molar-refractivity contribution < 1.29 is 9.52 Å². The number of halogens is 1. The summed E-state index contributed by atoms with van der Waals surface area (Å²) in [6.07, 6.45) is 1.74. The van der Waals surface area contributed by atoms with Crippen molar-refractivity contribution in [3.05, 3.63) is 51.9 Å². The summed E-state index contributed by atoms with van der Waals surface area (Å²) in [5.41, 5.74) is 0.569. The second kappa shape index (κ2) is 7.25. The van der Waals surface area contributed by atoms with Gasteiger partial charge in [-0.3, -0.25) is 0 Å². The Morgan fingerprint density at radius 3 is 3.04 bits per heavy atom. The number of fused-ring (bicyclic) bond motifs is 1. The van der Waals surface area contributed by atoms with Crippen LogP contribution in [-0.2, 0) is 5.75 Å². The molecule has 9 heteroatoms. The van der Waals surface area contributed by atoms with Crippen molar-refractivity contribution in [3.8, 4) is 5.75 Å². The van der Waals surface area contributed by atoms with Gasteiger partial charge in [0, 0.05) is 29.8 Å². The van der Waals surface area contributed by atoms with Gasteiger partial charge in [0.25, 0.3) is 0 Å². The Balaban J connectivity index is 1.84. The zero-order valence-electron chi connectivity index (χ0n) is 12.3. The fraction of sp³-hybridized carbons (Fsp3) is 0.133. The van der Waals surface area contributed by atoms with Crippen LogP contribution in [0.2, 0.25) is 5.02 Å². The number of thioether (sulfide) groups is 1. The zero-order chi connectivity index (χ0) is 17.1. The predicted molar refractivity (Wildman–Crippen MR) is 97.3 cm³/mol. The molecule has 0 spiro atoms. The summed E-state index contributed by atoms with van der Waals surface area (Å²) in [6, 6.07) is 4.35. The number of nitrogens with one attached hydrogen (secondary N) is 1. The highest BCUT2D eigenvalue weighted by atomic mass is 35.5. The lowest BCUT2D eigenvalue weighted by atomic mass is 10.1. The number of hydrogen-bond donors (Lipinski definition) is 2. The summed E-state index contributed by atoms with van der Waals surface area (Å²) in [5.74, 6) is 0.374. The molecule has 0 saturated heterocycles. The molecule has 2 heterocycles. The van der Waals surface area contributed by atoms with E-state index in [2.05, 4.69) is 22.1 Å². The van der Waals surface area contributed by atoms with Crippen LogP contribution in [0.5, 0.6) is 5.75 Å². The molecule has 0 aliphatic carbocycles. The van der Waals surface area contributed by atoms with E-state index in [1.807, 2.05) is 0 Å². The van der Waals surface area contributed by atoms with Gasteiger partial charge in [0.1, 0.15) is 11.3 Å². The molecule has 3 aromatic rings. The van der Waals surface area contributed by atoms with E-state index in [-0.39, 0.29) is 10.8 Å². The molecule has 0 aliphatic heterocycles. The number of anilines is 1. The lowest BCUT2D eigenvalue weighted by Gasteiger charge is -2.05. The number of phenolic OH excluding ortho intramolecular Hbond substituents is 1. The number of rotatable bonds is 6. The van der Waals surface area contributed by atoms with Gasteiger partial charge in [-0.1, -0.05) is 40.8 Å². The van der Waals surface area contributed by atoms with Crippen molar-refractivity contribution in [2.24, 2.45) is 0 Å². The summed E-state index contributed by atoms with van der Waals surface area (Å²) in [4.78, 5) is 11.7. The van der Waals surface area contributed by atoms with Crippen LogP contribution in [0.25, 0.3) is 11.0 Å². The molecule has 0 radical (unpaired) electrons. The number of nitrogens with zero attached hydrogens (tertiary/aromatic N) is 2. The largest absolute Gasteiger partial charge is 0.506 e. The fourth-order valence-electron chi connectivity index (χ4n) is 1.99. The molecule has 0 saturated carbocycles. The highest BCUT2D eigenvalue weighted by Gasteiger charge is 2.11. The van der Waals surface area contributed by atoms with Gasteiger partial charge < -0.3 is 14.8 Å². The SMILES string of the molecule is C=CCNc1nnc(SCc2cc(=O)oc3cc(O)c(Cl)cc23)s1. The molecule has 0 aliphatic rings. The third-order valence-electron chi connectivity index (χ3n) is 3.05. The number of aromatic hydroxyl groups is 1. The minimum Gasteiger partial charge on any atom is -0.506 e. The van der Waals surface area contributed by atoms with Crippen LogP contribution < -0.4 is 10.9 Å². The van der Waals surface area contributed by atoms with Crippen LogP contribution in [0.15, 0.2) is 44.4 Å². The molecule has 0 unspecified atom stereocenters. The van der Waals surface area contributed by atoms with Crippen molar-refractivity contribution in [1.29, 1.82) is 0 Å². The Morgan fingerprint density at radius 1 is 1.42 bits per heavy atom. The molecule has 2 N–H and O–H groups in total. The van der Waals surface area contributed by atoms with E-state index in [1.165, 1.54) is 35.2 Å². The monoisotopic (exact) mass is 381 g/mol. The van der Waals surface area contributed by atoms with Gasteiger partial charge in [0.2, 0.25) is 5.13 Å². The zero-order valence-corrected chi connectivity index (χ0v) is 14.7. The lowest BCUT2D eigenvalue weighted by Crippen LogP contribution is -1.99. The number of benzene rings is 1. The summed E-state index contributed by atoms with van der Waals surface area (Å²) in [7, 11) is 0. The first-order chi connectivity index (χ1) is 11.6. The molecule has 3 rings (SSSR count). The smallest absolute Gasteiger partial charge is 0.336 e. The molecule has 0 fully saturated rings. The van der Waals surface area contributed by atoms with Gasteiger partial charge >= 0.3 is 5.63 Å².